The normalized spacial score (nSPS) is 14.5. The summed E-state index contributed by atoms with van der Waals surface area (Å²) in [5, 5.41) is 4.46. The number of phosphoric acid groups is 1. The number of nitrogens with one attached hydrogen (secondary N) is 1. The van der Waals surface area contributed by atoms with Crippen molar-refractivity contribution in [2.75, 3.05) is 23.5 Å². The van der Waals surface area contributed by atoms with E-state index >= 15 is 0 Å². The molecule has 0 atom stereocenters. The standard InChI is InChI=1S/C11H17N3.H3O4P/c1-3-9-14-12-10-7-5-6-8-11(10)13(14)4-2;1-5(2,3)4/h5-8,12H,3-4,9H2,1-2H3;(H3,1,2,3,4). The molecule has 1 aromatic rings. The van der Waals surface area contributed by atoms with E-state index in [1.807, 2.05) is 0 Å². The number of anilines is 2. The lowest BCUT2D eigenvalue weighted by Crippen LogP contribution is -2.41. The van der Waals surface area contributed by atoms with Crippen LogP contribution in [0.2, 0.25) is 0 Å². The first kappa shape index (κ1) is 15.9. The maximum Gasteiger partial charge on any atom is 0.466 e. The van der Waals surface area contributed by atoms with Crippen molar-refractivity contribution in [2.45, 2.75) is 20.3 Å². The number of nitrogens with zero attached hydrogens (tertiary/aromatic N) is 2. The molecular weight excluding hydrogens is 269 g/mol. The molecule has 0 saturated carbocycles. The molecule has 2 rings (SSSR count). The number of para-hydroxylation sites is 2. The van der Waals surface area contributed by atoms with E-state index in [-0.39, 0.29) is 0 Å². The van der Waals surface area contributed by atoms with Crippen molar-refractivity contribution in [1.82, 2.24) is 5.12 Å². The van der Waals surface area contributed by atoms with Crippen LogP contribution in [0, 0.1) is 0 Å². The van der Waals surface area contributed by atoms with E-state index in [0.29, 0.717) is 0 Å². The molecule has 0 spiro atoms. The van der Waals surface area contributed by atoms with Gasteiger partial charge in [-0.2, -0.15) is 0 Å². The highest BCUT2D eigenvalue weighted by molar-refractivity contribution is 7.45. The minimum absolute atomic E-state index is 1.00. The van der Waals surface area contributed by atoms with E-state index in [4.69, 9.17) is 19.2 Å². The van der Waals surface area contributed by atoms with Gasteiger partial charge >= 0.3 is 7.82 Å². The van der Waals surface area contributed by atoms with Gasteiger partial charge in [-0.05, 0) is 25.5 Å². The van der Waals surface area contributed by atoms with E-state index in [2.05, 4.69) is 53.7 Å². The van der Waals surface area contributed by atoms with Crippen molar-refractivity contribution in [3.8, 4) is 0 Å². The zero-order valence-electron chi connectivity index (χ0n) is 11.0. The van der Waals surface area contributed by atoms with Crippen LogP contribution in [0.5, 0.6) is 0 Å². The van der Waals surface area contributed by atoms with E-state index in [1.54, 1.807) is 0 Å². The van der Waals surface area contributed by atoms with Crippen LogP contribution < -0.4 is 10.4 Å². The molecule has 0 unspecified atom stereocenters. The fourth-order valence-corrected chi connectivity index (χ4v) is 1.85. The van der Waals surface area contributed by atoms with Gasteiger partial charge in [0.15, 0.2) is 0 Å². The van der Waals surface area contributed by atoms with Crippen molar-refractivity contribution in [3.05, 3.63) is 24.3 Å². The first-order valence-corrected chi connectivity index (χ1v) is 7.62. The van der Waals surface area contributed by atoms with Gasteiger partial charge in [0, 0.05) is 13.1 Å². The van der Waals surface area contributed by atoms with Gasteiger partial charge < -0.3 is 14.7 Å². The second-order valence-electron chi connectivity index (χ2n) is 3.98. The van der Waals surface area contributed by atoms with Gasteiger partial charge in [0.1, 0.15) is 0 Å². The molecule has 8 heteroatoms. The maximum absolute atomic E-state index is 8.88. The van der Waals surface area contributed by atoms with Crippen molar-refractivity contribution in [2.24, 2.45) is 0 Å². The molecule has 1 heterocycles. The van der Waals surface area contributed by atoms with Gasteiger partial charge in [0.2, 0.25) is 0 Å². The summed E-state index contributed by atoms with van der Waals surface area (Å²) in [6, 6.07) is 8.42. The fourth-order valence-electron chi connectivity index (χ4n) is 1.85. The Kier molecular flexibility index (Phi) is 5.78. The van der Waals surface area contributed by atoms with E-state index in [0.717, 1.165) is 19.5 Å². The van der Waals surface area contributed by atoms with Gasteiger partial charge in [-0.1, -0.05) is 19.1 Å². The molecule has 1 aliphatic rings. The van der Waals surface area contributed by atoms with Gasteiger partial charge in [0.05, 0.1) is 11.4 Å². The van der Waals surface area contributed by atoms with Crippen LogP contribution in [-0.4, -0.2) is 32.9 Å². The van der Waals surface area contributed by atoms with Crippen molar-refractivity contribution < 1.29 is 19.2 Å². The predicted octanol–water partition coefficient (Wildman–Crippen LogP) is 1.55. The highest BCUT2D eigenvalue weighted by Gasteiger charge is 2.23. The Hall–Kier alpha value is -1.11. The summed E-state index contributed by atoms with van der Waals surface area (Å²) in [5.41, 5.74) is 5.89. The van der Waals surface area contributed by atoms with Gasteiger partial charge in [-0.25, -0.2) is 4.57 Å². The zero-order valence-corrected chi connectivity index (χ0v) is 11.9. The Morgan fingerprint density at radius 1 is 1.21 bits per heavy atom. The third-order valence-corrected chi connectivity index (χ3v) is 2.46. The lowest BCUT2D eigenvalue weighted by atomic mass is 10.3. The summed E-state index contributed by atoms with van der Waals surface area (Å²) < 4.78 is 8.88. The lowest BCUT2D eigenvalue weighted by molar-refractivity contribution is 0.275. The molecule has 0 aromatic heterocycles. The topological polar surface area (TPSA) is 96.3 Å². The quantitative estimate of drug-likeness (QED) is 0.627. The molecule has 0 saturated heterocycles. The number of hydrogen-bond acceptors (Lipinski definition) is 4. The van der Waals surface area contributed by atoms with Crippen molar-refractivity contribution >= 4 is 19.2 Å². The first-order valence-electron chi connectivity index (χ1n) is 6.05. The molecule has 108 valence electrons. The number of rotatable bonds is 3. The Balaban J connectivity index is 0.000000312. The monoisotopic (exact) mass is 289 g/mol. The summed E-state index contributed by atoms with van der Waals surface area (Å²) in [4.78, 5) is 21.6. The number of hydrazine groups is 2. The van der Waals surface area contributed by atoms with Crippen LogP contribution in [0.25, 0.3) is 0 Å². The number of hydrogen-bond donors (Lipinski definition) is 4. The van der Waals surface area contributed by atoms with Crippen LogP contribution in [0.4, 0.5) is 11.4 Å². The summed E-state index contributed by atoms with van der Waals surface area (Å²) in [7, 11) is -4.64. The van der Waals surface area contributed by atoms with E-state index < -0.39 is 7.82 Å². The average Bonchev–Trinajstić information content (AvgIpc) is 2.64. The second kappa shape index (κ2) is 6.88. The van der Waals surface area contributed by atoms with Crippen molar-refractivity contribution in [1.29, 1.82) is 0 Å². The zero-order chi connectivity index (χ0) is 14.5. The van der Waals surface area contributed by atoms with E-state index in [9.17, 15) is 0 Å². The smallest absolute Gasteiger partial charge is 0.303 e. The van der Waals surface area contributed by atoms with Crippen molar-refractivity contribution in [3.63, 3.8) is 0 Å². The Bertz CT molecular complexity index is 443. The average molecular weight is 289 g/mol. The summed E-state index contributed by atoms with van der Waals surface area (Å²) in [6.45, 7) is 6.41. The maximum atomic E-state index is 8.88. The molecule has 0 radical (unpaired) electrons. The SMILES string of the molecule is CCCN1Nc2ccccc2N1CC.O=P(O)(O)O. The van der Waals surface area contributed by atoms with Gasteiger partial charge in [0.25, 0.3) is 0 Å². The summed E-state index contributed by atoms with van der Waals surface area (Å²) >= 11 is 0. The fraction of sp³-hybridized carbons (Fsp3) is 0.455. The third-order valence-electron chi connectivity index (χ3n) is 2.46. The molecular formula is C11H20N3O4P. The van der Waals surface area contributed by atoms with Crippen LogP contribution in [0.15, 0.2) is 24.3 Å². The van der Waals surface area contributed by atoms with Gasteiger partial charge in [-0.15, -0.1) is 5.12 Å². The molecule has 19 heavy (non-hydrogen) atoms. The molecule has 0 amide bonds. The molecule has 1 aliphatic heterocycles. The molecule has 0 bridgehead atoms. The molecule has 7 nitrogen and oxygen atoms in total. The first-order chi connectivity index (χ1) is 8.86. The summed E-state index contributed by atoms with van der Waals surface area (Å²) in [6.07, 6.45) is 1.15. The van der Waals surface area contributed by atoms with Gasteiger partial charge in [-0.3, -0.25) is 10.4 Å². The predicted molar refractivity (Wildman–Crippen MR) is 74.3 cm³/mol. The molecule has 0 aliphatic carbocycles. The largest absolute Gasteiger partial charge is 0.466 e. The van der Waals surface area contributed by atoms with E-state index in [1.165, 1.54) is 11.4 Å². The number of benzene rings is 1. The molecule has 4 N–H and O–H groups in total. The molecule has 0 fully saturated rings. The Morgan fingerprint density at radius 3 is 2.32 bits per heavy atom. The number of fused-ring (bicyclic) bond motifs is 1. The summed E-state index contributed by atoms with van der Waals surface area (Å²) in [5.74, 6) is 0. The van der Waals surface area contributed by atoms with Crippen LogP contribution in [0.3, 0.4) is 0 Å². The minimum Gasteiger partial charge on any atom is -0.303 e. The lowest BCUT2D eigenvalue weighted by Gasteiger charge is -2.27. The molecule has 1 aromatic carbocycles. The Morgan fingerprint density at radius 2 is 1.79 bits per heavy atom. The van der Waals surface area contributed by atoms with Crippen LogP contribution in [0.1, 0.15) is 20.3 Å². The highest BCUT2D eigenvalue weighted by Crippen LogP contribution is 2.32. The highest BCUT2D eigenvalue weighted by atomic mass is 31.2. The van der Waals surface area contributed by atoms with Crippen LogP contribution in [-0.2, 0) is 4.57 Å². The second-order valence-corrected chi connectivity index (χ2v) is 5.01. The van der Waals surface area contributed by atoms with Crippen LogP contribution >= 0.6 is 7.82 Å². The third kappa shape index (κ3) is 5.18. The minimum atomic E-state index is -4.64. The Labute approximate surface area is 112 Å².